The molecule has 0 aliphatic heterocycles. The number of hydrogen-bond donors (Lipinski definition) is 1. The van der Waals surface area contributed by atoms with Gasteiger partial charge in [0, 0.05) is 6.08 Å². The zero-order valence-corrected chi connectivity index (χ0v) is 4.50. The number of rotatable bonds is 0. The normalized spacial score (nSPS) is 12.5. The first kappa shape index (κ1) is 24.7. The van der Waals surface area contributed by atoms with Gasteiger partial charge >= 0.3 is 118 Å². The third kappa shape index (κ3) is 9.54. The van der Waals surface area contributed by atoms with Crippen molar-refractivity contribution in [1.82, 2.24) is 0 Å². The molecular weight excluding hydrogens is 212 g/mol. The Morgan fingerprint density at radius 2 is 1.38 bits per heavy atom. The molecule has 0 heterocycles. The summed E-state index contributed by atoms with van der Waals surface area (Å²) in [4.78, 5) is 20.7. The number of ketones is 2. The van der Waals surface area contributed by atoms with Gasteiger partial charge < -0.3 is 5.11 Å². The Morgan fingerprint density at radius 1 is 0.923 bits per heavy atom. The van der Waals surface area contributed by atoms with Crippen LogP contribution in [-0.2, 0) is 9.59 Å². The second-order valence-corrected chi connectivity index (χ2v) is 1.63. The summed E-state index contributed by atoms with van der Waals surface area (Å²) < 4.78 is 0. The predicted molar refractivity (Wildman–Crippen MR) is 58.5 cm³/mol. The third-order valence-electron chi connectivity index (χ3n) is 0.930. The molecule has 0 saturated carbocycles. The number of hydrogen-bond acceptors (Lipinski definition) is 3. The summed E-state index contributed by atoms with van der Waals surface area (Å²) in [7, 11) is 0. The molecule has 1 rings (SSSR count). The maximum absolute atomic E-state index is 10.4. The Labute approximate surface area is 165 Å². The van der Waals surface area contributed by atoms with E-state index in [1.165, 1.54) is 0 Å². The molecular formula is C6H8Na4O3. The molecule has 0 saturated heterocycles. The average Bonchev–Trinajstić information content (AvgIpc) is 1.80. The fraction of sp³-hybridized carbons (Fsp3) is 0. The van der Waals surface area contributed by atoms with Crippen LogP contribution in [-0.4, -0.2) is 135 Å². The van der Waals surface area contributed by atoms with E-state index in [9.17, 15) is 9.59 Å². The first-order valence-electron chi connectivity index (χ1n) is 2.37. The van der Waals surface area contributed by atoms with E-state index in [1.807, 2.05) is 0 Å². The Kier molecular flexibility index (Phi) is 24.1. The Balaban J connectivity index is -0.000000101. The second-order valence-electron chi connectivity index (χ2n) is 1.63. The third-order valence-corrected chi connectivity index (χ3v) is 0.930. The van der Waals surface area contributed by atoms with E-state index in [0.717, 1.165) is 18.2 Å². The van der Waals surface area contributed by atoms with Gasteiger partial charge in [0.15, 0.2) is 11.5 Å². The van der Waals surface area contributed by atoms with Crippen molar-refractivity contribution in [2.75, 3.05) is 0 Å². The number of aliphatic hydroxyl groups excluding tert-OH is 1. The quantitative estimate of drug-likeness (QED) is 0.364. The van der Waals surface area contributed by atoms with Crippen molar-refractivity contribution < 1.29 is 14.7 Å². The van der Waals surface area contributed by atoms with Gasteiger partial charge in [-0.05, 0) is 12.2 Å². The summed E-state index contributed by atoms with van der Waals surface area (Å²) >= 11 is 0. The van der Waals surface area contributed by atoms with E-state index in [2.05, 4.69) is 0 Å². The molecule has 1 aliphatic rings. The molecule has 0 amide bonds. The molecule has 0 atom stereocenters. The summed E-state index contributed by atoms with van der Waals surface area (Å²) in [6, 6.07) is 0. The summed E-state index contributed by atoms with van der Waals surface area (Å²) in [5, 5.41) is 8.59. The second kappa shape index (κ2) is 12.7. The summed E-state index contributed by atoms with van der Waals surface area (Å²) in [5.74, 6) is -1.36. The maximum atomic E-state index is 10.4. The van der Waals surface area contributed by atoms with E-state index in [-0.39, 0.29) is 124 Å². The fourth-order valence-electron chi connectivity index (χ4n) is 0.497. The van der Waals surface area contributed by atoms with E-state index in [4.69, 9.17) is 5.11 Å². The first-order chi connectivity index (χ1) is 4.20. The molecule has 0 aromatic rings. The van der Waals surface area contributed by atoms with Crippen molar-refractivity contribution in [3.8, 4) is 0 Å². The van der Waals surface area contributed by atoms with E-state index in [1.54, 1.807) is 0 Å². The summed E-state index contributed by atoms with van der Waals surface area (Å²) in [6.45, 7) is 0. The molecule has 0 spiro atoms. The van der Waals surface area contributed by atoms with Crippen LogP contribution in [0, 0.1) is 0 Å². The van der Waals surface area contributed by atoms with Gasteiger partial charge in [-0.3, -0.25) is 9.59 Å². The molecule has 54 valence electrons. The summed E-state index contributed by atoms with van der Waals surface area (Å²) in [5.41, 5.74) is 0. The van der Waals surface area contributed by atoms with Gasteiger partial charge in [-0.1, -0.05) is 0 Å². The van der Waals surface area contributed by atoms with Gasteiger partial charge in [-0.2, -0.15) is 0 Å². The molecule has 1 aliphatic carbocycles. The van der Waals surface area contributed by atoms with Crippen LogP contribution < -0.4 is 0 Å². The Morgan fingerprint density at radius 3 is 1.69 bits per heavy atom. The number of allylic oxidation sites excluding steroid dienone is 3. The van der Waals surface area contributed by atoms with Crippen LogP contribution in [0.3, 0.4) is 0 Å². The van der Waals surface area contributed by atoms with Crippen molar-refractivity contribution >= 4 is 130 Å². The molecule has 3 nitrogen and oxygen atoms in total. The van der Waals surface area contributed by atoms with Gasteiger partial charge in [-0.15, -0.1) is 0 Å². The zero-order valence-electron chi connectivity index (χ0n) is 4.50. The number of carbonyl (C=O) groups excluding carboxylic acids is 2. The standard InChI is InChI=1S/C6H4O3.4Na.4H/c7-4-1-2-5(8)6(9)3-4;;;;;;;;/h1-3,9H;;;;;;;;. The average molecular weight is 220 g/mol. The molecule has 13 heavy (non-hydrogen) atoms. The van der Waals surface area contributed by atoms with E-state index >= 15 is 0 Å². The number of aliphatic hydroxyl groups is 1. The topological polar surface area (TPSA) is 54.4 Å². The van der Waals surface area contributed by atoms with E-state index < -0.39 is 11.5 Å². The van der Waals surface area contributed by atoms with Gasteiger partial charge in [0.25, 0.3) is 0 Å². The Hall–Kier alpha value is 2.62. The van der Waals surface area contributed by atoms with E-state index in [0.29, 0.717) is 0 Å². The van der Waals surface area contributed by atoms with Crippen LogP contribution in [0.2, 0.25) is 0 Å². The van der Waals surface area contributed by atoms with Gasteiger partial charge in [0.05, 0.1) is 0 Å². The molecule has 0 aromatic heterocycles. The van der Waals surface area contributed by atoms with Crippen LogP contribution in [0.15, 0.2) is 24.0 Å². The van der Waals surface area contributed by atoms with Crippen LogP contribution in [0.4, 0.5) is 0 Å². The van der Waals surface area contributed by atoms with Crippen LogP contribution in [0.5, 0.6) is 0 Å². The van der Waals surface area contributed by atoms with Crippen molar-refractivity contribution in [2.45, 2.75) is 0 Å². The van der Waals surface area contributed by atoms with Crippen molar-refractivity contribution in [1.29, 1.82) is 0 Å². The Bertz CT molecular complexity index is 234. The molecule has 0 aromatic carbocycles. The SMILES string of the molecule is O=C1C=CC(=O)C(O)=C1.[NaH].[NaH].[NaH].[NaH]. The minimum absolute atomic E-state index is 0. The van der Waals surface area contributed by atoms with Gasteiger partial charge in [-0.25, -0.2) is 0 Å². The van der Waals surface area contributed by atoms with Crippen LogP contribution in [0.25, 0.3) is 0 Å². The number of carbonyl (C=O) groups is 2. The van der Waals surface area contributed by atoms with Gasteiger partial charge in [0.1, 0.15) is 0 Å². The fourth-order valence-corrected chi connectivity index (χ4v) is 0.497. The van der Waals surface area contributed by atoms with Crippen molar-refractivity contribution in [3.05, 3.63) is 24.0 Å². The monoisotopic (exact) mass is 220 g/mol. The molecule has 0 bridgehead atoms. The van der Waals surface area contributed by atoms with Gasteiger partial charge in [0.2, 0.25) is 5.78 Å². The molecule has 0 fully saturated rings. The molecule has 0 unspecified atom stereocenters. The van der Waals surface area contributed by atoms with Crippen LogP contribution in [0.1, 0.15) is 0 Å². The van der Waals surface area contributed by atoms with Crippen LogP contribution >= 0.6 is 0 Å². The van der Waals surface area contributed by atoms with Crippen molar-refractivity contribution in [3.63, 3.8) is 0 Å². The molecule has 0 radical (unpaired) electrons. The van der Waals surface area contributed by atoms with Crippen molar-refractivity contribution in [2.24, 2.45) is 0 Å². The summed E-state index contributed by atoms with van der Waals surface area (Å²) in [6.07, 6.45) is 3.04. The predicted octanol–water partition coefficient (Wildman–Crippen LogP) is -2.46. The zero-order chi connectivity index (χ0) is 6.85. The first-order valence-corrected chi connectivity index (χ1v) is 2.37. The minimum atomic E-state index is -0.519. The molecule has 1 N–H and O–H groups in total. The molecule has 7 heteroatoms.